The maximum absolute atomic E-state index is 15.0. The molecule has 1 fully saturated rings. The Balaban J connectivity index is 1.59. The zero-order chi connectivity index (χ0) is 25.6. The molecule has 9 nitrogen and oxygen atoms in total. The first-order valence-electron chi connectivity index (χ1n) is 11.2. The van der Waals surface area contributed by atoms with E-state index in [2.05, 4.69) is 38.5 Å². The number of methoxy groups -OCH3 is 1. The molecule has 0 bridgehead atoms. The highest BCUT2D eigenvalue weighted by atomic mass is 19.1. The van der Waals surface area contributed by atoms with Crippen molar-refractivity contribution in [1.82, 2.24) is 29.6 Å². The van der Waals surface area contributed by atoms with E-state index in [1.54, 1.807) is 35.9 Å². The number of nitrogens with zero attached hydrogens (tertiary/aromatic N) is 5. The summed E-state index contributed by atoms with van der Waals surface area (Å²) in [7, 11) is 1.58. The number of pyridine rings is 1. The second kappa shape index (κ2) is 9.05. The van der Waals surface area contributed by atoms with E-state index < -0.39 is 17.2 Å². The van der Waals surface area contributed by atoms with Gasteiger partial charge in [-0.1, -0.05) is 12.5 Å². The summed E-state index contributed by atoms with van der Waals surface area (Å²) < 4.78 is 36.7. The van der Waals surface area contributed by atoms with Crippen molar-refractivity contribution >= 4 is 33.7 Å². The molecule has 0 radical (unpaired) electrons. The second-order valence-electron chi connectivity index (χ2n) is 8.59. The number of benzene rings is 1. The van der Waals surface area contributed by atoms with Gasteiger partial charge in [0.05, 0.1) is 40.7 Å². The van der Waals surface area contributed by atoms with Gasteiger partial charge in [0.1, 0.15) is 28.7 Å². The number of H-pyrrole nitrogens is 1. The standard InChI is InChI=1S/C25H23F2N7O2/c1-4-21(35)33-11-14(9-15(33)12-36-3)34-20-7-8-29-25(28)22(20)18(32-34)6-5-16-17(26)10-19-24(23(16)27)31-13(2)30-19/h4,7-8,10,14-15H,1,9,11-12H2,2-3H3,(H2,28,29)(H,30,31)/t14-,15+/m0/s1. The Morgan fingerprint density at radius 1 is 1.42 bits per heavy atom. The average Bonchev–Trinajstić information content (AvgIpc) is 3.54. The molecule has 1 amide bonds. The largest absolute Gasteiger partial charge is 0.383 e. The van der Waals surface area contributed by atoms with Gasteiger partial charge in [-0.05, 0) is 31.4 Å². The molecule has 184 valence electrons. The number of carbonyl (C=O) groups is 1. The minimum absolute atomic E-state index is 0.0110. The number of nitrogens with one attached hydrogen (secondary N) is 1. The van der Waals surface area contributed by atoms with E-state index in [4.69, 9.17) is 10.5 Å². The number of rotatable bonds is 4. The van der Waals surface area contributed by atoms with Crippen LogP contribution in [-0.4, -0.2) is 61.8 Å². The van der Waals surface area contributed by atoms with Gasteiger partial charge in [0.2, 0.25) is 5.91 Å². The van der Waals surface area contributed by atoms with Crippen LogP contribution in [0.3, 0.4) is 0 Å². The van der Waals surface area contributed by atoms with Crippen LogP contribution in [-0.2, 0) is 9.53 Å². The van der Waals surface area contributed by atoms with E-state index in [1.807, 2.05) is 0 Å². The summed E-state index contributed by atoms with van der Waals surface area (Å²) >= 11 is 0. The topological polar surface area (TPSA) is 115 Å². The number of hydrogen-bond donors (Lipinski definition) is 2. The fraction of sp³-hybridized carbons (Fsp3) is 0.280. The number of nitrogen functional groups attached to an aromatic ring is 1. The van der Waals surface area contributed by atoms with Crippen LogP contribution in [0.2, 0.25) is 0 Å². The number of fused-ring (bicyclic) bond motifs is 2. The number of likely N-dealkylation sites (tertiary alicyclic amines) is 1. The van der Waals surface area contributed by atoms with Gasteiger partial charge in [-0.25, -0.2) is 18.7 Å². The first-order valence-corrected chi connectivity index (χ1v) is 11.2. The van der Waals surface area contributed by atoms with Crippen LogP contribution in [0.15, 0.2) is 31.0 Å². The Hall–Kier alpha value is -4.30. The number of aryl methyl sites for hydroxylation is 1. The van der Waals surface area contributed by atoms with Crippen LogP contribution in [0.25, 0.3) is 21.9 Å². The number of nitrogens with two attached hydrogens (primary N) is 1. The molecule has 11 heteroatoms. The van der Waals surface area contributed by atoms with Gasteiger partial charge in [0.25, 0.3) is 0 Å². The number of anilines is 1. The minimum atomic E-state index is -0.853. The van der Waals surface area contributed by atoms with Crippen molar-refractivity contribution in [2.45, 2.75) is 25.4 Å². The van der Waals surface area contributed by atoms with Gasteiger partial charge in [-0.15, -0.1) is 0 Å². The first kappa shape index (κ1) is 23.4. The number of carbonyl (C=O) groups excluding carboxylic acids is 1. The van der Waals surface area contributed by atoms with Crippen LogP contribution >= 0.6 is 0 Å². The normalized spacial score (nSPS) is 17.5. The third-order valence-electron chi connectivity index (χ3n) is 6.30. The lowest BCUT2D eigenvalue weighted by molar-refractivity contribution is -0.127. The van der Waals surface area contributed by atoms with Crippen LogP contribution in [0.5, 0.6) is 0 Å². The summed E-state index contributed by atoms with van der Waals surface area (Å²) in [4.78, 5) is 25.1. The van der Waals surface area contributed by atoms with Crippen molar-refractivity contribution < 1.29 is 18.3 Å². The van der Waals surface area contributed by atoms with Gasteiger partial charge >= 0.3 is 0 Å². The van der Waals surface area contributed by atoms with Crippen molar-refractivity contribution in [2.24, 2.45) is 0 Å². The molecule has 1 saturated heterocycles. The molecular weight excluding hydrogens is 468 g/mol. The molecule has 2 atom stereocenters. The lowest BCUT2D eigenvalue weighted by Gasteiger charge is -2.22. The Morgan fingerprint density at radius 3 is 2.97 bits per heavy atom. The van der Waals surface area contributed by atoms with E-state index in [0.717, 1.165) is 6.07 Å². The number of aromatic nitrogens is 5. The van der Waals surface area contributed by atoms with Crippen LogP contribution in [0, 0.1) is 30.4 Å². The fourth-order valence-electron chi connectivity index (χ4n) is 4.73. The Bertz CT molecular complexity index is 1580. The monoisotopic (exact) mass is 491 g/mol. The summed E-state index contributed by atoms with van der Waals surface area (Å²) in [6.45, 7) is 5.98. The van der Waals surface area contributed by atoms with Gasteiger partial charge in [0, 0.05) is 25.9 Å². The number of amides is 1. The molecule has 3 aromatic heterocycles. The average molecular weight is 492 g/mol. The van der Waals surface area contributed by atoms with Crippen molar-refractivity contribution in [1.29, 1.82) is 0 Å². The molecule has 0 spiro atoms. The maximum Gasteiger partial charge on any atom is 0.246 e. The van der Waals surface area contributed by atoms with Crippen molar-refractivity contribution in [3.63, 3.8) is 0 Å². The smallest absolute Gasteiger partial charge is 0.246 e. The van der Waals surface area contributed by atoms with Crippen LogP contribution in [0.1, 0.15) is 29.5 Å². The number of aromatic amines is 1. The summed E-state index contributed by atoms with van der Waals surface area (Å²) in [5, 5.41) is 5.11. The molecule has 36 heavy (non-hydrogen) atoms. The Labute approximate surface area is 204 Å². The molecule has 1 aromatic carbocycles. The maximum atomic E-state index is 15.0. The number of ether oxygens (including phenoxy) is 1. The molecule has 5 rings (SSSR count). The molecule has 4 aromatic rings. The molecule has 0 aliphatic carbocycles. The summed E-state index contributed by atoms with van der Waals surface area (Å²) in [5.41, 5.74) is 6.88. The lowest BCUT2D eigenvalue weighted by atomic mass is 10.1. The van der Waals surface area contributed by atoms with E-state index in [-0.39, 0.29) is 40.5 Å². The van der Waals surface area contributed by atoms with Gasteiger partial charge in [-0.2, -0.15) is 5.10 Å². The molecular formula is C25H23F2N7O2. The quantitative estimate of drug-likeness (QED) is 0.335. The third kappa shape index (κ3) is 3.85. The molecule has 0 saturated carbocycles. The molecule has 3 N–H and O–H groups in total. The van der Waals surface area contributed by atoms with E-state index in [1.165, 1.54) is 6.08 Å². The summed E-state index contributed by atoms with van der Waals surface area (Å²) in [5.74, 6) is 4.14. The Morgan fingerprint density at radius 2 is 2.22 bits per heavy atom. The predicted octanol–water partition coefficient (Wildman–Crippen LogP) is 2.85. The van der Waals surface area contributed by atoms with Gasteiger partial charge in [-0.3, -0.25) is 9.48 Å². The molecule has 1 aliphatic heterocycles. The van der Waals surface area contributed by atoms with Gasteiger partial charge < -0.3 is 20.4 Å². The highest BCUT2D eigenvalue weighted by molar-refractivity contribution is 5.93. The predicted molar refractivity (Wildman–Crippen MR) is 130 cm³/mol. The van der Waals surface area contributed by atoms with E-state index in [0.29, 0.717) is 36.3 Å². The van der Waals surface area contributed by atoms with Crippen molar-refractivity contribution in [3.8, 4) is 11.8 Å². The lowest BCUT2D eigenvalue weighted by Crippen LogP contribution is -2.37. The van der Waals surface area contributed by atoms with Crippen LogP contribution in [0.4, 0.5) is 14.6 Å². The van der Waals surface area contributed by atoms with Crippen molar-refractivity contribution in [2.75, 3.05) is 26.0 Å². The van der Waals surface area contributed by atoms with E-state index >= 15 is 4.39 Å². The zero-order valence-corrected chi connectivity index (χ0v) is 19.7. The number of halogens is 2. The number of imidazole rings is 1. The van der Waals surface area contributed by atoms with E-state index in [9.17, 15) is 9.18 Å². The zero-order valence-electron chi connectivity index (χ0n) is 19.7. The Kier molecular flexibility index (Phi) is 5.89. The first-order chi connectivity index (χ1) is 17.3. The van der Waals surface area contributed by atoms with Gasteiger partial charge in [0.15, 0.2) is 5.82 Å². The fourth-order valence-corrected chi connectivity index (χ4v) is 4.73. The third-order valence-corrected chi connectivity index (χ3v) is 6.30. The van der Waals surface area contributed by atoms with Crippen molar-refractivity contribution in [3.05, 3.63) is 59.7 Å². The highest BCUT2D eigenvalue weighted by Gasteiger charge is 2.36. The molecule has 4 heterocycles. The van der Waals surface area contributed by atoms with Crippen LogP contribution < -0.4 is 5.73 Å². The molecule has 1 aliphatic rings. The summed E-state index contributed by atoms with van der Waals surface area (Å²) in [6.07, 6.45) is 3.40. The summed E-state index contributed by atoms with van der Waals surface area (Å²) in [6, 6.07) is 2.54. The second-order valence-corrected chi connectivity index (χ2v) is 8.59. The SMILES string of the molecule is C=CC(=O)N1C[C@@H](n2nc(C#Cc3c(F)cc4[nH]c(C)nc4c3F)c3c(N)nccc32)C[C@@H]1COC. The molecule has 0 unspecified atom stereocenters. The highest BCUT2D eigenvalue weighted by Crippen LogP contribution is 2.33. The minimum Gasteiger partial charge on any atom is -0.383 e. The number of hydrogen-bond acceptors (Lipinski definition) is 6.